The summed E-state index contributed by atoms with van der Waals surface area (Å²) in [5.41, 5.74) is 2.64. The number of hydrogen-bond acceptors (Lipinski definition) is 3. The maximum atomic E-state index is 9.53. The molecule has 0 saturated carbocycles. The number of aromatic hydroxyl groups is 1. The predicted octanol–water partition coefficient (Wildman–Crippen LogP) is 2.38. The molecule has 1 N–H and O–H groups in total. The van der Waals surface area contributed by atoms with Crippen molar-refractivity contribution < 1.29 is 9.94 Å². The minimum atomic E-state index is 0.346. The zero-order chi connectivity index (χ0) is 10.6. The second-order valence-corrected chi connectivity index (χ2v) is 3.16. The van der Waals surface area contributed by atoms with E-state index in [1.165, 1.54) is 0 Å². The lowest BCUT2D eigenvalue weighted by Crippen LogP contribution is -1.88. The first-order chi connectivity index (χ1) is 6.65. The number of nitrogens with zero attached hydrogens (tertiary/aromatic N) is 1. The Morgan fingerprint density at radius 1 is 1.36 bits per heavy atom. The van der Waals surface area contributed by atoms with E-state index in [1.54, 1.807) is 6.21 Å². The van der Waals surface area contributed by atoms with Crippen LogP contribution < -0.4 is 0 Å². The van der Waals surface area contributed by atoms with E-state index >= 15 is 0 Å². The number of hydrogen-bond donors (Lipinski definition) is 1. The molecule has 0 atom stereocenters. The van der Waals surface area contributed by atoms with Crippen LogP contribution in [0.3, 0.4) is 0 Å². The highest BCUT2D eigenvalue weighted by molar-refractivity contribution is 5.80. The van der Waals surface area contributed by atoms with Gasteiger partial charge in [0, 0.05) is 0 Å². The number of benzene rings is 1. The molecule has 0 radical (unpaired) electrons. The second-order valence-electron chi connectivity index (χ2n) is 3.16. The minimum Gasteiger partial charge on any atom is -0.507 e. The van der Waals surface area contributed by atoms with Gasteiger partial charge in [0.05, 0.1) is 6.21 Å². The van der Waals surface area contributed by atoms with Crippen LogP contribution in [0.4, 0.5) is 0 Å². The molecule has 0 aliphatic carbocycles. The van der Waals surface area contributed by atoms with Gasteiger partial charge >= 0.3 is 0 Å². The van der Waals surface area contributed by atoms with Crippen molar-refractivity contribution in [2.75, 3.05) is 6.61 Å². The molecule has 3 heteroatoms. The summed E-state index contributed by atoms with van der Waals surface area (Å²) in [6.07, 6.45) is 1.64. The highest BCUT2D eigenvalue weighted by Gasteiger charge is 2.01. The molecular formula is C11H15NO2. The summed E-state index contributed by atoms with van der Waals surface area (Å²) in [4.78, 5) is 4.85. The van der Waals surface area contributed by atoms with E-state index in [2.05, 4.69) is 5.16 Å². The van der Waals surface area contributed by atoms with Gasteiger partial charge in [0.15, 0.2) is 0 Å². The molecule has 3 nitrogen and oxygen atoms in total. The third-order valence-corrected chi connectivity index (χ3v) is 1.92. The van der Waals surface area contributed by atoms with Crippen molar-refractivity contribution in [3.8, 4) is 5.75 Å². The van der Waals surface area contributed by atoms with Crippen molar-refractivity contribution in [1.82, 2.24) is 0 Å². The van der Waals surface area contributed by atoms with Crippen molar-refractivity contribution in [2.45, 2.75) is 20.8 Å². The molecule has 0 fully saturated rings. The van der Waals surface area contributed by atoms with Gasteiger partial charge < -0.3 is 9.94 Å². The smallest absolute Gasteiger partial charge is 0.121 e. The summed E-state index contributed by atoms with van der Waals surface area (Å²) in [5, 5.41) is 13.3. The molecule has 0 saturated heterocycles. The summed E-state index contributed by atoms with van der Waals surface area (Å²) in [6, 6.07) is 3.73. The molecule has 0 spiro atoms. The number of phenolic OH excluding ortho intramolecular Hbond substituents is 1. The minimum absolute atomic E-state index is 0.346. The Balaban J connectivity index is 2.89. The first kappa shape index (κ1) is 10.6. The molecular weight excluding hydrogens is 178 g/mol. The Kier molecular flexibility index (Phi) is 3.51. The Morgan fingerprint density at radius 2 is 1.93 bits per heavy atom. The summed E-state index contributed by atoms with van der Waals surface area (Å²) < 4.78 is 0. The first-order valence-corrected chi connectivity index (χ1v) is 4.60. The summed E-state index contributed by atoms with van der Waals surface area (Å²) >= 11 is 0. The summed E-state index contributed by atoms with van der Waals surface area (Å²) in [5.74, 6) is 0.346. The molecule has 0 unspecified atom stereocenters. The van der Waals surface area contributed by atoms with Gasteiger partial charge in [0.25, 0.3) is 0 Å². The van der Waals surface area contributed by atoms with Crippen LogP contribution in [0.15, 0.2) is 17.3 Å². The molecule has 0 bridgehead atoms. The molecule has 1 aromatic carbocycles. The van der Waals surface area contributed by atoms with E-state index in [4.69, 9.17) is 4.84 Å². The fraction of sp³-hybridized carbons (Fsp3) is 0.364. The second kappa shape index (κ2) is 4.65. The van der Waals surface area contributed by atoms with Gasteiger partial charge in [-0.1, -0.05) is 5.16 Å². The molecule has 76 valence electrons. The summed E-state index contributed by atoms with van der Waals surface area (Å²) in [7, 11) is 0. The lowest BCUT2D eigenvalue weighted by Gasteiger charge is -2.03. The van der Waals surface area contributed by atoms with Gasteiger partial charge in [-0.05, 0) is 49.6 Å². The van der Waals surface area contributed by atoms with Gasteiger partial charge in [-0.2, -0.15) is 0 Å². The highest BCUT2D eigenvalue weighted by atomic mass is 16.6. The molecule has 0 aliphatic rings. The lowest BCUT2D eigenvalue weighted by atomic mass is 10.1. The topological polar surface area (TPSA) is 41.8 Å². The van der Waals surface area contributed by atoms with Gasteiger partial charge in [-0.25, -0.2) is 0 Å². The van der Waals surface area contributed by atoms with Crippen molar-refractivity contribution in [1.29, 1.82) is 0 Å². The molecule has 1 aromatic rings. The van der Waals surface area contributed by atoms with Crippen LogP contribution in [0.5, 0.6) is 5.75 Å². The summed E-state index contributed by atoms with van der Waals surface area (Å²) in [6.45, 7) is 6.16. The lowest BCUT2D eigenvalue weighted by molar-refractivity contribution is 0.160. The number of rotatable bonds is 3. The van der Waals surface area contributed by atoms with Crippen LogP contribution >= 0.6 is 0 Å². The number of oxime groups is 1. The average molecular weight is 193 g/mol. The largest absolute Gasteiger partial charge is 0.507 e. The number of aryl methyl sites for hydroxylation is 2. The van der Waals surface area contributed by atoms with E-state index in [1.807, 2.05) is 32.9 Å². The van der Waals surface area contributed by atoms with Crippen molar-refractivity contribution in [2.24, 2.45) is 5.16 Å². The van der Waals surface area contributed by atoms with E-state index in [0.29, 0.717) is 12.4 Å². The monoisotopic (exact) mass is 193 g/mol. The molecule has 0 aliphatic heterocycles. The zero-order valence-electron chi connectivity index (χ0n) is 8.74. The van der Waals surface area contributed by atoms with E-state index in [0.717, 1.165) is 16.7 Å². The van der Waals surface area contributed by atoms with E-state index in [9.17, 15) is 5.11 Å². The van der Waals surface area contributed by atoms with Gasteiger partial charge in [0.2, 0.25) is 0 Å². The van der Waals surface area contributed by atoms with Crippen LogP contribution in [-0.4, -0.2) is 17.9 Å². The van der Waals surface area contributed by atoms with Crippen LogP contribution in [0.2, 0.25) is 0 Å². The molecule has 14 heavy (non-hydrogen) atoms. The Bertz CT molecular complexity index is 322. The first-order valence-electron chi connectivity index (χ1n) is 4.60. The molecule has 0 heterocycles. The quantitative estimate of drug-likeness (QED) is 0.591. The molecule has 0 aromatic heterocycles. The Hall–Kier alpha value is -1.51. The maximum Gasteiger partial charge on any atom is 0.121 e. The van der Waals surface area contributed by atoms with Crippen LogP contribution in [0.1, 0.15) is 23.6 Å². The highest BCUT2D eigenvalue weighted by Crippen LogP contribution is 2.21. The van der Waals surface area contributed by atoms with E-state index < -0.39 is 0 Å². The van der Waals surface area contributed by atoms with Crippen LogP contribution in [-0.2, 0) is 4.84 Å². The standard InChI is InChI=1S/C11H15NO2/c1-4-14-12-7-10-5-8(2)11(13)9(3)6-10/h5-7,13H,4H2,1-3H3. The van der Waals surface area contributed by atoms with Gasteiger partial charge in [-0.3, -0.25) is 0 Å². The van der Waals surface area contributed by atoms with Crippen molar-refractivity contribution in [3.63, 3.8) is 0 Å². The predicted molar refractivity (Wildman–Crippen MR) is 56.8 cm³/mol. The van der Waals surface area contributed by atoms with E-state index in [-0.39, 0.29) is 0 Å². The normalized spacial score (nSPS) is 10.8. The third-order valence-electron chi connectivity index (χ3n) is 1.92. The number of phenols is 1. The van der Waals surface area contributed by atoms with Crippen LogP contribution in [0.25, 0.3) is 0 Å². The third kappa shape index (κ3) is 2.49. The Morgan fingerprint density at radius 3 is 2.43 bits per heavy atom. The van der Waals surface area contributed by atoms with Gasteiger partial charge in [-0.15, -0.1) is 0 Å². The fourth-order valence-electron chi connectivity index (χ4n) is 1.24. The molecule has 0 amide bonds. The maximum absolute atomic E-state index is 9.53. The van der Waals surface area contributed by atoms with Gasteiger partial charge in [0.1, 0.15) is 12.4 Å². The van der Waals surface area contributed by atoms with Crippen molar-refractivity contribution in [3.05, 3.63) is 28.8 Å². The fourth-order valence-corrected chi connectivity index (χ4v) is 1.24. The van der Waals surface area contributed by atoms with Crippen molar-refractivity contribution >= 4 is 6.21 Å². The molecule has 1 rings (SSSR count). The zero-order valence-corrected chi connectivity index (χ0v) is 8.74. The average Bonchev–Trinajstić information content (AvgIpc) is 2.14. The van der Waals surface area contributed by atoms with Crippen LogP contribution in [0, 0.1) is 13.8 Å². The SMILES string of the molecule is CCON=Cc1cc(C)c(O)c(C)c1. The Labute approximate surface area is 84.0 Å².